The maximum Gasteiger partial charge on any atom is 0.0575 e. The molecule has 0 aliphatic carbocycles. The molecule has 0 saturated carbocycles. The van der Waals surface area contributed by atoms with E-state index in [0.29, 0.717) is 6.10 Å². The number of hydrogen-bond donors (Lipinski definition) is 0. The lowest BCUT2D eigenvalue weighted by Gasteiger charge is -2.36. The second-order valence-corrected chi connectivity index (χ2v) is 3.73. The highest BCUT2D eigenvalue weighted by molar-refractivity contribution is 4.77. The second kappa shape index (κ2) is 2.91. The molecule has 1 fully saturated rings. The molecule has 0 aromatic rings. The average molecular weight is 142 g/mol. The topological polar surface area (TPSA) is 9.23 Å². The third-order valence-electron chi connectivity index (χ3n) is 3.09. The lowest BCUT2D eigenvalue weighted by molar-refractivity contribution is -0.0661. The Balaban J connectivity index is 2.52. The van der Waals surface area contributed by atoms with Gasteiger partial charge < -0.3 is 4.74 Å². The smallest absolute Gasteiger partial charge is 0.0575 e. The van der Waals surface area contributed by atoms with E-state index in [9.17, 15) is 0 Å². The third-order valence-corrected chi connectivity index (χ3v) is 3.09. The highest BCUT2D eigenvalue weighted by Crippen LogP contribution is 2.29. The van der Waals surface area contributed by atoms with Gasteiger partial charge in [-0.1, -0.05) is 20.8 Å². The lowest BCUT2D eigenvalue weighted by Crippen LogP contribution is -2.36. The Morgan fingerprint density at radius 2 is 1.60 bits per heavy atom. The fraction of sp³-hybridized carbons (Fsp3) is 1.00. The average Bonchev–Trinajstić information content (AvgIpc) is 1.93. The molecule has 2 unspecified atom stereocenters. The fourth-order valence-electron chi connectivity index (χ4n) is 1.55. The van der Waals surface area contributed by atoms with Gasteiger partial charge in [0.25, 0.3) is 0 Å². The predicted molar refractivity (Wildman–Crippen MR) is 42.9 cm³/mol. The summed E-state index contributed by atoms with van der Waals surface area (Å²) >= 11 is 0. The van der Waals surface area contributed by atoms with E-state index >= 15 is 0 Å². The standard InChI is InChI=1S/C9H18O/c1-6-5-10-9(4)8(3)7(6)2/h6-9H,5H2,1-4H3/t6?,7-,8+,9?/m0/s1. The molecular weight excluding hydrogens is 124 g/mol. The van der Waals surface area contributed by atoms with Crippen molar-refractivity contribution in [3.05, 3.63) is 0 Å². The molecule has 0 aromatic heterocycles. The van der Waals surface area contributed by atoms with Crippen LogP contribution in [0.25, 0.3) is 0 Å². The Kier molecular flexibility index (Phi) is 2.35. The number of ether oxygens (including phenoxy) is 1. The van der Waals surface area contributed by atoms with Gasteiger partial charge in [0.1, 0.15) is 0 Å². The molecule has 0 N–H and O–H groups in total. The molecule has 1 heterocycles. The summed E-state index contributed by atoms with van der Waals surface area (Å²) in [7, 11) is 0. The minimum Gasteiger partial charge on any atom is -0.378 e. The molecule has 1 rings (SSSR count). The van der Waals surface area contributed by atoms with Crippen LogP contribution in [0.15, 0.2) is 0 Å². The van der Waals surface area contributed by atoms with E-state index in [1.54, 1.807) is 0 Å². The van der Waals surface area contributed by atoms with Crippen LogP contribution in [0.3, 0.4) is 0 Å². The van der Waals surface area contributed by atoms with E-state index in [4.69, 9.17) is 4.74 Å². The van der Waals surface area contributed by atoms with Gasteiger partial charge in [0.2, 0.25) is 0 Å². The third kappa shape index (κ3) is 1.34. The van der Waals surface area contributed by atoms with Crippen molar-refractivity contribution in [2.45, 2.75) is 33.8 Å². The van der Waals surface area contributed by atoms with Gasteiger partial charge in [-0.25, -0.2) is 0 Å². The van der Waals surface area contributed by atoms with Crippen molar-refractivity contribution >= 4 is 0 Å². The molecule has 0 bridgehead atoms. The van der Waals surface area contributed by atoms with Crippen LogP contribution in [0.5, 0.6) is 0 Å². The van der Waals surface area contributed by atoms with E-state index in [0.717, 1.165) is 24.4 Å². The van der Waals surface area contributed by atoms with Gasteiger partial charge in [0.05, 0.1) is 6.10 Å². The maximum absolute atomic E-state index is 5.57. The Morgan fingerprint density at radius 1 is 1.00 bits per heavy atom. The first-order chi connectivity index (χ1) is 4.63. The molecule has 4 atom stereocenters. The normalized spacial score (nSPS) is 49.2. The van der Waals surface area contributed by atoms with Crippen molar-refractivity contribution in [2.24, 2.45) is 17.8 Å². The van der Waals surface area contributed by atoms with E-state index in [1.165, 1.54) is 0 Å². The molecule has 10 heavy (non-hydrogen) atoms. The van der Waals surface area contributed by atoms with Crippen molar-refractivity contribution in [2.75, 3.05) is 6.61 Å². The molecule has 0 spiro atoms. The van der Waals surface area contributed by atoms with E-state index < -0.39 is 0 Å². The van der Waals surface area contributed by atoms with Crippen molar-refractivity contribution in [3.63, 3.8) is 0 Å². The van der Waals surface area contributed by atoms with Crippen molar-refractivity contribution < 1.29 is 4.74 Å². The zero-order valence-corrected chi connectivity index (χ0v) is 7.42. The second-order valence-electron chi connectivity index (χ2n) is 3.73. The van der Waals surface area contributed by atoms with E-state index in [1.807, 2.05) is 0 Å². The molecule has 0 radical (unpaired) electrons. The summed E-state index contributed by atoms with van der Waals surface area (Å²) in [5.74, 6) is 2.29. The van der Waals surface area contributed by atoms with Gasteiger partial charge >= 0.3 is 0 Å². The first kappa shape index (κ1) is 8.06. The molecule has 60 valence electrons. The molecular formula is C9H18O. The first-order valence-electron chi connectivity index (χ1n) is 4.24. The van der Waals surface area contributed by atoms with E-state index in [2.05, 4.69) is 27.7 Å². The van der Waals surface area contributed by atoms with Crippen LogP contribution in [0.2, 0.25) is 0 Å². The minimum absolute atomic E-state index is 0.464. The largest absolute Gasteiger partial charge is 0.378 e. The summed E-state index contributed by atoms with van der Waals surface area (Å²) in [5.41, 5.74) is 0. The Morgan fingerprint density at radius 3 is 2.10 bits per heavy atom. The van der Waals surface area contributed by atoms with E-state index in [-0.39, 0.29) is 0 Å². The fourth-order valence-corrected chi connectivity index (χ4v) is 1.55. The van der Waals surface area contributed by atoms with Gasteiger partial charge in [0.15, 0.2) is 0 Å². The summed E-state index contributed by atoms with van der Waals surface area (Å²) < 4.78 is 5.57. The summed E-state index contributed by atoms with van der Waals surface area (Å²) in [6, 6.07) is 0. The van der Waals surface area contributed by atoms with Crippen LogP contribution in [0.1, 0.15) is 27.7 Å². The number of rotatable bonds is 0. The summed E-state index contributed by atoms with van der Waals surface area (Å²) in [5, 5.41) is 0. The zero-order valence-electron chi connectivity index (χ0n) is 7.42. The Labute approximate surface area is 63.8 Å². The van der Waals surface area contributed by atoms with Gasteiger partial charge in [-0.2, -0.15) is 0 Å². The maximum atomic E-state index is 5.57. The molecule has 0 amide bonds. The first-order valence-corrected chi connectivity index (χ1v) is 4.24. The molecule has 1 saturated heterocycles. The van der Waals surface area contributed by atoms with Crippen LogP contribution >= 0.6 is 0 Å². The Bertz CT molecular complexity index is 97.3. The molecule has 1 aliphatic rings. The zero-order chi connectivity index (χ0) is 7.72. The summed E-state index contributed by atoms with van der Waals surface area (Å²) in [6.07, 6.45) is 0.464. The Hall–Kier alpha value is -0.0400. The number of hydrogen-bond acceptors (Lipinski definition) is 1. The van der Waals surface area contributed by atoms with Gasteiger partial charge in [-0.3, -0.25) is 0 Å². The molecule has 1 heteroatoms. The van der Waals surface area contributed by atoms with Crippen LogP contribution in [0.4, 0.5) is 0 Å². The summed E-state index contributed by atoms with van der Waals surface area (Å²) in [6.45, 7) is 10.0. The van der Waals surface area contributed by atoms with Gasteiger partial charge in [0, 0.05) is 6.61 Å². The van der Waals surface area contributed by atoms with Crippen molar-refractivity contribution in [3.8, 4) is 0 Å². The molecule has 1 nitrogen and oxygen atoms in total. The highest BCUT2D eigenvalue weighted by Gasteiger charge is 2.29. The van der Waals surface area contributed by atoms with Crippen LogP contribution in [-0.2, 0) is 4.74 Å². The van der Waals surface area contributed by atoms with Gasteiger partial charge in [-0.15, -0.1) is 0 Å². The quantitative estimate of drug-likeness (QED) is 0.504. The van der Waals surface area contributed by atoms with Crippen LogP contribution < -0.4 is 0 Å². The van der Waals surface area contributed by atoms with Crippen molar-refractivity contribution in [1.82, 2.24) is 0 Å². The molecule has 1 aliphatic heterocycles. The SMILES string of the molecule is CC1COC(C)[C@H](C)[C@H]1C. The van der Waals surface area contributed by atoms with Crippen LogP contribution in [-0.4, -0.2) is 12.7 Å². The van der Waals surface area contributed by atoms with Crippen LogP contribution in [0, 0.1) is 17.8 Å². The van der Waals surface area contributed by atoms with Crippen molar-refractivity contribution in [1.29, 1.82) is 0 Å². The minimum atomic E-state index is 0.464. The predicted octanol–water partition coefficient (Wildman–Crippen LogP) is 2.31. The summed E-state index contributed by atoms with van der Waals surface area (Å²) in [4.78, 5) is 0. The molecule has 0 aromatic carbocycles. The lowest BCUT2D eigenvalue weighted by atomic mass is 9.80. The van der Waals surface area contributed by atoms with Gasteiger partial charge in [-0.05, 0) is 24.7 Å². The monoisotopic (exact) mass is 142 g/mol. The highest BCUT2D eigenvalue weighted by atomic mass is 16.5.